The average molecular weight is 422 g/mol. The van der Waals surface area contributed by atoms with Gasteiger partial charge in [-0.1, -0.05) is 58.0 Å². The van der Waals surface area contributed by atoms with Gasteiger partial charge >= 0.3 is 0 Å². The Bertz CT molecular complexity index is 777. The molecule has 0 spiro atoms. The van der Waals surface area contributed by atoms with E-state index < -0.39 is 5.38 Å². The fourth-order valence-electron chi connectivity index (χ4n) is 2.64. The summed E-state index contributed by atoms with van der Waals surface area (Å²) in [6.07, 6.45) is 0. The standard InChI is InChI=1S/C21H28ClN3O2S/c1-14(2)10-23-20(26)17-13-28-18(24-17)12-25(11-15(3)4)21(27)19(22)16-8-6-5-7-9-16/h5-9,13-15,19H,10-12H2,1-4H3,(H,23,26)/t19-/m1/s1. The molecule has 0 saturated carbocycles. The van der Waals surface area contributed by atoms with Crippen molar-refractivity contribution < 1.29 is 9.59 Å². The molecule has 1 N–H and O–H groups in total. The maximum Gasteiger partial charge on any atom is 0.270 e. The number of thiazole rings is 1. The van der Waals surface area contributed by atoms with Crippen LogP contribution in [-0.4, -0.2) is 34.8 Å². The van der Waals surface area contributed by atoms with Crippen molar-refractivity contribution in [3.63, 3.8) is 0 Å². The Morgan fingerprint density at radius 1 is 1.14 bits per heavy atom. The molecular weight excluding hydrogens is 394 g/mol. The maximum atomic E-state index is 13.0. The lowest BCUT2D eigenvalue weighted by Gasteiger charge is -2.26. The summed E-state index contributed by atoms with van der Waals surface area (Å²) in [5, 5.41) is 4.58. The van der Waals surface area contributed by atoms with Gasteiger partial charge in [0.1, 0.15) is 16.1 Å². The van der Waals surface area contributed by atoms with Crippen molar-refractivity contribution >= 4 is 34.8 Å². The Morgan fingerprint density at radius 3 is 2.43 bits per heavy atom. The fraction of sp³-hybridized carbons (Fsp3) is 0.476. The minimum atomic E-state index is -0.742. The van der Waals surface area contributed by atoms with E-state index in [2.05, 4.69) is 24.1 Å². The molecule has 1 heterocycles. The molecule has 1 aromatic carbocycles. The van der Waals surface area contributed by atoms with E-state index in [1.54, 1.807) is 10.3 Å². The minimum absolute atomic E-state index is 0.150. The second kappa shape index (κ2) is 10.6. The first-order chi connectivity index (χ1) is 13.3. The lowest BCUT2D eigenvalue weighted by Crippen LogP contribution is -2.36. The number of rotatable bonds is 9. The van der Waals surface area contributed by atoms with Gasteiger partial charge in [0.05, 0.1) is 6.54 Å². The number of amides is 2. The van der Waals surface area contributed by atoms with Crippen LogP contribution >= 0.6 is 22.9 Å². The van der Waals surface area contributed by atoms with E-state index in [0.29, 0.717) is 31.2 Å². The maximum absolute atomic E-state index is 13.0. The average Bonchev–Trinajstić information content (AvgIpc) is 3.13. The van der Waals surface area contributed by atoms with Crippen molar-refractivity contribution in [3.05, 3.63) is 52.0 Å². The molecule has 0 fully saturated rings. The van der Waals surface area contributed by atoms with Gasteiger partial charge in [-0.05, 0) is 17.4 Å². The molecule has 0 bridgehead atoms. The van der Waals surface area contributed by atoms with Gasteiger partial charge in [-0.3, -0.25) is 9.59 Å². The highest BCUT2D eigenvalue weighted by molar-refractivity contribution is 7.09. The zero-order valence-corrected chi connectivity index (χ0v) is 18.4. The van der Waals surface area contributed by atoms with Crippen LogP contribution in [0.1, 0.15) is 54.1 Å². The molecule has 2 aromatic rings. The highest BCUT2D eigenvalue weighted by Crippen LogP contribution is 2.25. The predicted molar refractivity (Wildman–Crippen MR) is 115 cm³/mol. The fourth-order valence-corrected chi connectivity index (χ4v) is 3.71. The molecule has 0 saturated heterocycles. The Morgan fingerprint density at radius 2 is 1.82 bits per heavy atom. The van der Waals surface area contributed by atoms with Crippen molar-refractivity contribution in [2.75, 3.05) is 13.1 Å². The number of halogens is 1. The number of nitrogens with zero attached hydrogens (tertiary/aromatic N) is 2. The van der Waals surface area contributed by atoms with E-state index in [-0.39, 0.29) is 17.7 Å². The van der Waals surface area contributed by atoms with Crippen LogP contribution in [0.5, 0.6) is 0 Å². The zero-order valence-electron chi connectivity index (χ0n) is 16.8. The van der Waals surface area contributed by atoms with Gasteiger partial charge in [0.2, 0.25) is 5.91 Å². The monoisotopic (exact) mass is 421 g/mol. The first-order valence-electron chi connectivity index (χ1n) is 9.48. The van der Waals surface area contributed by atoms with Crippen LogP contribution in [0.25, 0.3) is 0 Å². The first kappa shape index (κ1) is 22.4. The van der Waals surface area contributed by atoms with Crippen molar-refractivity contribution in [1.29, 1.82) is 0 Å². The van der Waals surface area contributed by atoms with E-state index in [4.69, 9.17) is 11.6 Å². The molecule has 0 aliphatic heterocycles. The molecule has 5 nitrogen and oxygen atoms in total. The van der Waals surface area contributed by atoms with E-state index >= 15 is 0 Å². The molecule has 0 unspecified atom stereocenters. The summed E-state index contributed by atoms with van der Waals surface area (Å²) in [7, 11) is 0. The van der Waals surface area contributed by atoms with E-state index in [0.717, 1.165) is 10.6 Å². The molecule has 0 aliphatic rings. The van der Waals surface area contributed by atoms with Crippen LogP contribution < -0.4 is 5.32 Å². The van der Waals surface area contributed by atoms with E-state index in [1.165, 1.54) is 11.3 Å². The van der Waals surface area contributed by atoms with Crippen molar-refractivity contribution in [3.8, 4) is 0 Å². The zero-order chi connectivity index (χ0) is 20.7. The third-order valence-corrected chi connectivity index (χ3v) is 5.26. The Labute approximate surface area is 176 Å². The molecular formula is C21H28ClN3O2S. The second-order valence-electron chi connectivity index (χ2n) is 7.62. The summed E-state index contributed by atoms with van der Waals surface area (Å²) in [6.45, 7) is 9.71. The van der Waals surface area contributed by atoms with Gasteiger partial charge in [-0.2, -0.15) is 0 Å². The molecule has 1 aromatic heterocycles. The van der Waals surface area contributed by atoms with Gasteiger partial charge in [-0.25, -0.2) is 4.98 Å². The van der Waals surface area contributed by atoms with Crippen molar-refractivity contribution in [2.45, 2.75) is 39.6 Å². The summed E-state index contributed by atoms with van der Waals surface area (Å²) in [5.41, 5.74) is 1.17. The Hall–Kier alpha value is -1.92. The molecule has 0 radical (unpaired) electrons. The van der Waals surface area contributed by atoms with Crippen LogP contribution in [0.3, 0.4) is 0 Å². The number of benzene rings is 1. The molecule has 1 atom stereocenters. The lowest BCUT2D eigenvalue weighted by molar-refractivity contribution is -0.132. The largest absolute Gasteiger partial charge is 0.350 e. The summed E-state index contributed by atoms with van der Waals surface area (Å²) in [4.78, 5) is 31.3. The molecule has 7 heteroatoms. The van der Waals surface area contributed by atoms with Crippen LogP contribution in [0, 0.1) is 11.8 Å². The molecule has 28 heavy (non-hydrogen) atoms. The van der Waals surface area contributed by atoms with Crippen LogP contribution in [-0.2, 0) is 11.3 Å². The van der Waals surface area contributed by atoms with Gasteiger partial charge in [0.15, 0.2) is 0 Å². The molecule has 2 amide bonds. The van der Waals surface area contributed by atoms with E-state index in [9.17, 15) is 9.59 Å². The minimum Gasteiger partial charge on any atom is -0.350 e. The number of nitrogens with one attached hydrogen (secondary N) is 1. The van der Waals surface area contributed by atoms with Gasteiger partial charge < -0.3 is 10.2 Å². The van der Waals surface area contributed by atoms with Crippen LogP contribution in [0.4, 0.5) is 0 Å². The highest BCUT2D eigenvalue weighted by atomic mass is 35.5. The summed E-state index contributed by atoms with van der Waals surface area (Å²) in [6, 6.07) is 9.33. The molecule has 0 aliphatic carbocycles. The lowest BCUT2D eigenvalue weighted by atomic mass is 10.1. The molecule has 152 valence electrons. The second-order valence-corrected chi connectivity index (χ2v) is 9.00. The van der Waals surface area contributed by atoms with Gasteiger partial charge in [0, 0.05) is 18.5 Å². The normalized spacial score (nSPS) is 12.2. The Kier molecular flexibility index (Phi) is 8.45. The smallest absolute Gasteiger partial charge is 0.270 e. The number of carbonyl (C=O) groups is 2. The SMILES string of the molecule is CC(C)CNC(=O)c1csc(CN(CC(C)C)C(=O)[C@H](Cl)c2ccccc2)n1. The van der Waals surface area contributed by atoms with Gasteiger partial charge in [-0.15, -0.1) is 22.9 Å². The highest BCUT2D eigenvalue weighted by Gasteiger charge is 2.25. The Balaban J connectivity index is 2.10. The van der Waals surface area contributed by atoms with Crippen molar-refractivity contribution in [1.82, 2.24) is 15.2 Å². The van der Waals surface area contributed by atoms with Crippen molar-refractivity contribution in [2.24, 2.45) is 11.8 Å². The quantitative estimate of drug-likeness (QED) is 0.606. The number of hydrogen-bond donors (Lipinski definition) is 1. The topological polar surface area (TPSA) is 62.3 Å². The van der Waals surface area contributed by atoms with Crippen LogP contribution in [0.2, 0.25) is 0 Å². The molecule has 2 rings (SSSR count). The first-order valence-corrected chi connectivity index (χ1v) is 10.8. The number of carbonyl (C=O) groups excluding carboxylic acids is 2. The number of hydrogen-bond acceptors (Lipinski definition) is 4. The summed E-state index contributed by atoms with van der Waals surface area (Å²) >= 11 is 7.84. The van der Waals surface area contributed by atoms with Gasteiger partial charge in [0.25, 0.3) is 5.91 Å². The van der Waals surface area contributed by atoms with Crippen LogP contribution in [0.15, 0.2) is 35.7 Å². The van der Waals surface area contributed by atoms with E-state index in [1.807, 2.05) is 44.2 Å². The summed E-state index contributed by atoms with van der Waals surface area (Å²) in [5.74, 6) is 0.331. The summed E-state index contributed by atoms with van der Waals surface area (Å²) < 4.78 is 0. The third kappa shape index (κ3) is 6.60. The number of alkyl halides is 1. The number of aromatic nitrogens is 1. The third-order valence-electron chi connectivity index (χ3n) is 3.99. The predicted octanol–water partition coefficient (Wildman–Crippen LogP) is 4.49.